The van der Waals surface area contributed by atoms with Crippen molar-refractivity contribution in [1.29, 1.82) is 0 Å². The quantitative estimate of drug-likeness (QED) is 0.623. The van der Waals surface area contributed by atoms with Crippen LogP contribution in [0.3, 0.4) is 0 Å². The number of carbonyl (C=O) groups excluding carboxylic acids is 1. The molecule has 4 rings (SSSR count). The van der Waals surface area contributed by atoms with Crippen LogP contribution in [0.15, 0.2) is 41.3 Å². The van der Waals surface area contributed by atoms with E-state index in [0.29, 0.717) is 32.8 Å². The summed E-state index contributed by atoms with van der Waals surface area (Å²) in [5.41, 5.74) is 2.55. The minimum Gasteiger partial charge on any atom is -0.383 e. The number of imidazole rings is 1. The number of nitrogens with one attached hydrogen (secondary N) is 1. The SMILES string of the molecule is COCCn1ncc(N2CCC(C(=O)NCc3nc4ccccc4n3C)C2)cc1=O. The van der Waals surface area contributed by atoms with Gasteiger partial charge < -0.3 is 19.5 Å². The van der Waals surface area contributed by atoms with Crippen LogP contribution in [0.1, 0.15) is 12.2 Å². The van der Waals surface area contributed by atoms with Gasteiger partial charge in [-0.3, -0.25) is 9.59 Å². The Balaban J connectivity index is 1.36. The van der Waals surface area contributed by atoms with E-state index in [0.717, 1.165) is 29.0 Å². The molecular formula is C21H26N6O3. The van der Waals surface area contributed by atoms with Gasteiger partial charge in [0.25, 0.3) is 5.56 Å². The zero-order valence-electron chi connectivity index (χ0n) is 17.2. The lowest BCUT2D eigenvalue weighted by Crippen LogP contribution is -2.33. The van der Waals surface area contributed by atoms with Gasteiger partial charge in [0.2, 0.25) is 5.91 Å². The number of nitrogens with zero attached hydrogens (tertiary/aromatic N) is 5. The minimum absolute atomic E-state index is 0.00551. The highest BCUT2D eigenvalue weighted by Gasteiger charge is 2.29. The molecule has 9 heteroatoms. The lowest BCUT2D eigenvalue weighted by molar-refractivity contribution is -0.124. The molecule has 0 saturated carbocycles. The first kappa shape index (κ1) is 20.1. The van der Waals surface area contributed by atoms with E-state index in [1.54, 1.807) is 19.4 Å². The monoisotopic (exact) mass is 410 g/mol. The van der Waals surface area contributed by atoms with E-state index in [-0.39, 0.29) is 17.4 Å². The molecule has 30 heavy (non-hydrogen) atoms. The maximum atomic E-state index is 12.7. The molecule has 3 heterocycles. The van der Waals surface area contributed by atoms with Gasteiger partial charge in [0.05, 0.1) is 48.5 Å². The third-order valence-electron chi connectivity index (χ3n) is 5.59. The van der Waals surface area contributed by atoms with Crippen LogP contribution >= 0.6 is 0 Å². The fraction of sp³-hybridized carbons (Fsp3) is 0.429. The second-order valence-electron chi connectivity index (χ2n) is 7.49. The van der Waals surface area contributed by atoms with Crippen molar-refractivity contribution in [3.63, 3.8) is 0 Å². The predicted molar refractivity (Wildman–Crippen MR) is 113 cm³/mol. The Hall–Kier alpha value is -3.20. The summed E-state index contributed by atoms with van der Waals surface area (Å²) >= 11 is 0. The summed E-state index contributed by atoms with van der Waals surface area (Å²) in [5, 5.41) is 7.22. The number of methoxy groups -OCH3 is 1. The number of rotatable bonds is 7. The number of aromatic nitrogens is 4. The lowest BCUT2D eigenvalue weighted by atomic mass is 10.1. The Morgan fingerprint density at radius 3 is 2.93 bits per heavy atom. The summed E-state index contributed by atoms with van der Waals surface area (Å²) in [5.74, 6) is 0.699. The van der Waals surface area contributed by atoms with Crippen LogP contribution in [-0.2, 0) is 29.7 Å². The number of ether oxygens (including phenoxy) is 1. The van der Waals surface area contributed by atoms with Gasteiger partial charge in [-0.05, 0) is 18.6 Å². The summed E-state index contributed by atoms with van der Waals surface area (Å²) in [6.45, 7) is 2.52. The van der Waals surface area contributed by atoms with Crippen LogP contribution in [0.25, 0.3) is 11.0 Å². The number of anilines is 1. The molecule has 1 fully saturated rings. The molecule has 158 valence electrons. The Morgan fingerprint density at radius 2 is 2.17 bits per heavy atom. The number of fused-ring (bicyclic) bond motifs is 1. The number of aryl methyl sites for hydroxylation is 1. The molecule has 0 bridgehead atoms. The van der Waals surface area contributed by atoms with Crippen molar-refractivity contribution in [3.05, 3.63) is 52.7 Å². The summed E-state index contributed by atoms with van der Waals surface area (Å²) in [4.78, 5) is 31.5. The van der Waals surface area contributed by atoms with Crippen molar-refractivity contribution in [2.75, 3.05) is 31.7 Å². The molecule has 1 amide bonds. The molecule has 1 saturated heterocycles. The molecule has 3 aromatic rings. The van der Waals surface area contributed by atoms with Crippen LogP contribution in [0, 0.1) is 5.92 Å². The largest absolute Gasteiger partial charge is 0.383 e. The number of carbonyl (C=O) groups is 1. The fourth-order valence-corrected chi connectivity index (χ4v) is 3.82. The van der Waals surface area contributed by atoms with Gasteiger partial charge >= 0.3 is 0 Å². The van der Waals surface area contributed by atoms with E-state index in [1.165, 1.54) is 4.68 Å². The van der Waals surface area contributed by atoms with Gasteiger partial charge in [-0.1, -0.05) is 12.1 Å². The molecular weight excluding hydrogens is 384 g/mol. The summed E-state index contributed by atoms with van der Waals surface area (Å²) in [6.07, 6.45) is 2.41. The van der Waals surface area contributed by atoms with Gasteiger partial charge in [0, 0.05) is 33.3 Å². The highest BCUT2D eigenvalue weighted by atomic mass is 16.5. The highest BCUT2D eigenvalue weighted by molar-refractivity contribution is 5.80. The van der Waals surface area contributed by atoms with E-state index < -0.39 is 0 Å². The molecule has 1 aromatic carbocycles. The molecule has 0 spiro atoms. The Bertz CT molecular complexity index is 1110. The van der Waals surface area contributed by atoms with Gasteiger partial charge in [-0.25, -0.2) is 9.67 Å². The fourth-order valence-electron chi connectivity index (χ4n) is 3.82. The smallest absolute Gasteiger partial charge is 0.268 e. The molecule has 1 unspecified atom stereocenters. The normalized spacial score (nSPS) is 16.3. The highest BCUT2D eigenvalue weighted by Crippen LogP contribution is 2.22. The maximum Gasteiger partial charge on any atom is 0.268 e. The zero-order chi connectivity index (χ0) is 21.1. The van der Waals surface area contributed by atoms with Crippen molar-refractivity contribution in [2.24, 2.45) is 13.0 Å². The number of hydrogen-bond donors (Lipinski definition) is 1. The van der Waals surface area contributed by atoms with E-state index >= 15 is 0 Å². The number of amides is 1. The van der Waals surface area contributed by atoms with Crippen molar-refractivity contribution in [2.45, 2.75) is 19.5 Å². The first-order chi connectivity index (χ1) is 14.6. The number of para-hydroxylation sites is 2. The first-order valence-corrected chi connectivity index (χ1v) is 10.1. The van der Waals surface area contributed by atoms with Crippen molar-refractivity contribution in [1.82, 2.24) is 24.6 Å². The van der Waals surface area contributed by atoms with Crippen molar-refractivity contribution < 1.29 is 9.53 Å². The number of benzene rings is 1. The van der Waals surface area contributed by atoms with Crippen molar-refractivity contribution in [3.8, 4) is 0 Å². The van der Waals surface area contributed by atoms with Gasteiger partial charge in [-0.2, -0.15) is 5.10 Å². The third kappa shape index (κ3) is 4.06. The Labute approximate surface area is 174 Å². The van der Waals surface area contributed by atoms with Crippen LogP contribution in [0.2, 0.25) is 0 Å². The summed E-state index contributed by atoms with van der Waals surface area (Å²) in [7, 11) is 3.54. The minimum atomic E-state index is -0.167. The third-order valence-corrected chi connectivity index (χ3v) is 5.59. The molecule has 0 aliphatic carbocycles. The predicted octanol–water partition coefficient (Wildman–Crippen LogP) is 0.919. The molecule has 2 aromatic heterocycles. The van der Waals surface area contributed by atoms with E-state index in [1.807, 2.05) is 40.8 Å². The zero-order valence-corrected chi connectivity index (χ0v) is 17.2. The number of hydrogen-bond acceptors (Lipinski definition) is 6. The maximum absolute atomic E-state index is 12.7. The second-order valence-corrected chi connectivity index (χ2v) is 7.49. The van der Waals surface area contributed by atoms with Gasteiger partial charge in [-0.15, -0.1) is 0 Å². The van der Waals surface area contributed by atoms with Gasteiger partial charge in [0.15, 0.2) is 0 Å². The average molecular weight is 410 g/mol. The van der Waals surface area contributed by atoms with Crippen LogP contribution in [-0.4, -0.2) is 52.0 Å². The molecule has 1 atom stereocenters. The van der Waals surface area contributed by atoms with Gasteiger partial charge in [0.1, 0.15) is 5.82 Å². The van der Waals surface area contributed by atoms with Crippen LogP contribution in [0.5, 0.6) is 0 Å². The topological polar surface area (TPSA) is 94.3 Å². The standard InChI is InChI=1S/C21H26N6O3/c1-25-18-6-4-3-5-17(18)24-19(25)13-22-21(29)15-7-8-26(14-15)16-11-20(28)27(23-12-16)9-10-30-2/h3-6,11-12,15H,7-10,13-14H2,1-2H3,(H,22,29). The summed E-state index contributed by atoms with van der Waals surface area (Å²) in [6, 6.07) is 9.48. The lowest BCUT2D eigenvalue weighted by Gasteiger charge is -2.18. The van der Waals surface area contributed by atoms with E-state index in [4.69, 9.17) is 4.74 Å². The molecule has 0 radical (unpaired) electrons. The second kappa shape index (κ2) is 8.66. The molecule has 1 N–H and O–H groups in total. The molecule has 1 aliphatic rings. The molecule has 9 nitrogen and oxygen atoms in total. The Kier molecular flexibility index (Phi) is 5.80. The van der Waals surface area contributed by atoms with Crippen LogP contribution in [0.4, 0.5) is 5.69 Å². The Morgan fingerprint density at radius 1 is 1.33 bits per heavy atom. The average Bonchev–Trinajstić information content (AvgIpc) is 3.37. The van der Waals surface area contributed by atoms with E-state index in [9.17, 15) is 9.59 Å². The van der Waals surface area contributed by atoms with Crippen LogP contribution < -0.4 is 15.8 Å². The van der Waals surface area contributed by atoms with Crippen molar-refractivity contribution >= 4 is 22.6 Å². The molecule has 1 aliphatic heterocycles. The first-order valence-electron chi connectivity index (χ1n) is 10.1. The van der Waals surface area contributed by atoms with E-state index in [2.05, 4.69) is 15.4 Å². The summed E-state index contributed by atoms with van der Waals surface area (Å²) < 4.78 is 8.37.